The summed E-state index contributed by atoms with van der Waals surface area (Å²) in [5, 5.41) is 4.03. The van der Waals surface area contributed by atoms with Crippen molar-refractivity contribution in [3.63, 3.8) is 0 Å². The molecule has 7 nitrogen and oxygen atoms in total. The fraction of sp³-hybridized carbons (Fsp3) is 0.189. The molecule has 2 N–H and O–H groups in total. The number of para-hydroxylation sites is 1. The van der Waals surface area contributed by atoms with Gasteiger partial charge in [-0.05, 0) is 71.0 Å². The van der Waals surface area contributed by atoms with Crippen LogP contribution in [0.1, 0.15) is 60.7 Å². The molecule has 45 heavy (non-hydrogen) atoms. The van der Waals surface area contributed by atoms with Crippen molar-refractivity contribution in [2.24, 2.45) is 0 Å². The van der Waals surface area contributed by atoms with Gasteiger partial charge in [0.25, 0.3) is 16.0 Å². The molecule has 0 atom stereocenters. The van der Waals surface area contributed by atoms with E-state index >= 15 is 0 Å². The van der Waals surface area contributed by atoms with Crippen molar-refractivity contribution >= 4 is 50.1 Å². The Morgan fingerprint density at radius 2 is 1.49 bits per heavy atom. The third kappa shape index (κ3) is 8.23. The minimum absolute atomic E-state index is 0.00209. The van der Waals surface area contributed by atoms with Crippen LogP contribution in [0.4, 0.5) is 5.69 Å². The summed E-state index contributed by atoms with van der Waals surface area (Å²) < 4.78 is 36.8. The van der Waals surface area contributed by atoms with E-state index in [2.05, 4.69) is 26.1 Å². The summed E-state index contributed by atoms with van der Waals surface area (Å²) >= 11 is 0. The molecule has 5 aromatic rings. The van der Waals surface area contributed by atoms with Gasteiger partial charge in [-0.15, -0.1) is 0 Å². The summed E-state index contributed by atoms with van der Waals surface area (Å²) in [6, 6.07) is 32.0. The molecule has 0 aliphatic heterocycles. The lowest BCUT2D eigenvalue weighted by atomic mass is 9.86. The van der Waals surface area contributed by atoms with E-state index in [-0.39, 0.29) is 29.9 Å². The first kappa shape index (κ1) is 31.6. The fourth-order valence-electron chi connectivity index (χ4n) is 4.96. The second-order valence-corrected chi connectivity index (χ2v) is 13.6. The molecule has 5 rings (SSSR count). The summed E-state index contributed by atoms with van der Waals surface area (Å²) in [4.78, 5) is 26.2. The molecule has 0 aliphatic rings. The number of Topliss-reactive ketones (excluding diaryl/α,β-unsaturated/α-hetero) is 1. The largest absolute Gasteiger partial charge is 0.456 e. The molecule has 0 fully saturated rings. The number of carbonyl (C=O) groups is 2. The van der Waals surface area contributed by atoms with E-state index in [9.17, 15) is 18.0 Å². The van der Waals surface area contributed by atoms with Crippen LogP contribution < -0.4 is 5.32 Å². The highest BCUT2D eigenvalue weighted by atomic mass is 32.2. The fourth-order valence-corrected chi connectivity index (χ4v) is 5.47. The average Bonchev–Trinajstić information content (AvgIpc) is 3.44. The number of hydrogen-bond acceptors (Lipinski definition) is 5. The number of fused-ring (bicyclic) bond motifs is 1. The molecule has 230 valence electrons. The van der Waals surface area contributed by atoms with Gasteiger partial charge < -0.3 is 9.73 Å². The van der Waals surface area contributed by atoms with Crippen LogP contribution in [0, 0.1) is 0 Å². The lowest BCUT2D eigenvalue weighted by Crippen LogP contribution is -2.14. The van der Waals surface area contributed by atoms with Crippen LogP contribution >= 0.6 is 0 Å². The van der Waals surface area contributed by atoms with Gasteiger partial charge in [-0.25, -0.2) is 0 Å². The van der Waals surface area contributed by atoms with Gasteiger partial charge in [-0.3, -0.25) is 14.1 Å². The zero-order valence-corrected chi connectivity index (χ0v) is 26.2. The summed E-state index contributed by atoms with van der Waals surface area (Å²) in [5.74, 6) is -0.236. The number of anilines is 1. The summed E-state index contributed by atoms with van der Waals surface area (Å²) in [7, 11) is -4.11. The maximum Gasteiger partial charge on any atom is 0.264 e. The number of furan rings is 1. The Bertz CT molecular complexity index is 1930. The highest BCUT2D eigenvalue weighted by Gasteiger charge is 2.17. The molecule has 0 spiro atoms. The molecule has 0 aliphatic carbocycles. The van der Waals surface area contributed by atoms with E-state index in [0.717, 1.165) is 39.0 Å². The van der Waals surface area contributed by atoms with Gasteiger partial charge in [0.1, 0.15) is 11.3 Å². The molecular formula is C37H35NO6S. The molecule has 8 heteroatoms. The van der Waals surface area contributed by atoms with Gasteiger partial charge >= 0.3 is 0 Å². The summed E-state index contributed by atoms with van der Waals surface area (Å²) in [6.45, 7) is 6.39. The van der Waals surface area contributed by atoms with E-state index in [1.54, 1.807) is 30.3 Å². The Morgan fingerprint density at radius 3 is 2.11 bits per heavy atom. The average molecular weight is 622 g/mol. The van der Waals surface area contributed by atoms with Gasteiger partial charge in [0.05, 0.1) is 5.75 Å². The van der Waals surface area contributed by atoms with Crippen LogP contribution in [0.3, 0.4) is 0 Å². The van der Waals surface area contributed by atoms with Gasteiger partial charge in [-0.1, -0.05) is 87.5 Å². The van der Waals surface area contributed by atoms with E-state index in [4.69, 9.17) is 8.97 Å². The lowest BCUT2D eigenvalue weighted by Gasteiger charge is -2.19. The van der Waals surface area contributed by atoms with Crippen LogP contribution in [0.25, 0.3) is 33.9 Å². The molecule has 1 amide bonds. The highest BCUT2D eigenvalue weighted by molar-refractivity contribution is 7.85. The number of hydrogen-bond donors (Lipinski definition) is 2. The van der Waals surface area contributed by atoms with Gasteiger partial charge in [-0.2, -0.15) is 8.42 Å². The standard InChI is InChI=1S/C37H35NO6S/c1-37(2,3)30-18-14-26(15-19-30)32(23-25-10-12-27(13-11-25)33(39)8-6-22-45(41,42)43)36(40)38-31-20-16-28(17-21-31)35-24-29-7-4-5-9-34(29)44-35/h4-5,7,9-21,23-24H,6,8,22H2,1-3H3,(H,38,40)(H,41,42,43)/b32-23-. The third-order valence-corrected chi connectivity index (χ3v) is 8.31. The van der Waals surface area contributed by atoms with Crippen LogP contribution in [-0.4, -0.2) is 30.4 Å². The van der Waals surface area contributed by atoms with Crippen LogP contribution in [-0.2, 0) is 20.3 Å². The molecule has 0 saturated carbocycles. The predicted octanol–water partition coefficient (Wildman–Crippen LogP) is 8.43. The number of rotatable bonds is 10. The Hall–Kier alpha value is -4.79. The normalized spacial score (nSPS) is 12.3. The molecule has 1 heterocycles. The zero-order chi connectivity index (χ0) is 32.2. The molecule has 0 saturated heterocycles. The van der Waals surface area contributed by atoms with Crippen molar-refractivity contribution in [1.82, 2.24) is 0 Å². The molecule has 0 radical (unpaired) electrons. The Morgan fingerprint density at radius 1 is 0.844 bits per heavy atom. The monoisotopic (exact) mass is 621 g/mol. The molecule has 0 unspecified atom stereocenters. The first-order valence-electron chi connectivity index (χ1n) is 14.7. The Labute approximate surface area is 263 Å². The van der Waals surface area contributed by atoms with Crippen LogP contribution in [0.2, 0.25) is 0 Å². The Kier molecular flexibility index (Phi) is 9.18. The van der Waals surface area contributed by atoms with Crippen molar-refractivity contribution < 1.29 is 27.0 Å². The summed E-state index contributed by atoms with van der Waals surface area (Å²) in [6.07, 6.45) is 1.81. The van der Waals surface area contributed by atoms with Crippen molar-refractivity contribution in [1.29, 1.82) is 0 Å². The van der Waals surface area contributed by atoms with Crippen molar-refractivity contribution in [3.05, 3.63) is 125 Å². The number of nitrogens with one attached hydrogen (secondary N) is 1. The van der Waals surface area contributed by atoms with E-state index in [1.807, 2.05) is 78.9 Å². The minimum atomic E-state index is -4.11. The topological polar surface area (TPSA) is 114 Å². The highest BCUT2D eigenvalue weighted by Crippen LogP contribution is 2.30. The zero-order valence-electron chi connectivity index (χ0n) is 25.4. The molecule has 4 aromatic carbocycles. The number of benzene rings is 4. The molecule has 0 bridgehead atoms. The molecule has 1 aromatic heterocycles. The number of ketones is 1. The van der Waals surface area contributed by atoms with Crippen molar-refractivity contribution in [2.75, 3.05) is 11.1 Å². The first-order chi connectivity index (χ1) is 21.4. The van der Waals surface area contributed by atoms with E-state index in [0.29, 0.717) is 16.8 Å². The Balaban J connectivity index is 1.38. The smallest absolute Gasteiger partial charge is 0.264 e. The molecular weight excluding hydrogens is 586 g/mol. The van der Waals surface area contributed by atoms with Gasteiger partial charge in [0.2, 0.25) is 0 Å². The predicted molar refractivity (Wildman–Crippen MR) is 180 cm³/mol. The van der Waals surface area contributed by atoms with Crippen LogP contribution in [0.5, 0.6) is 0 Å². The SMILES string of the molecule is CC(C)(C)c1ccc(/C(=C/c2ccc(C(=O)CCCS(=O)(=O)O)cc2)C(=O)Nc2ccc(-c3cc4ccccc4o3)cc2)cc1. The summed E-state index contributed by atoms with van der Waals surface area (Å²) in [5.41, 5.74) is 5.76. The number of carbonyl (C=O) groups excluding carboxylic acids is 2. The van der Waals surface area contributed by atoms with Crippen molar-refractivity contribution in [2.45, 2.75) is 39.0 Å². The maximum absolute atomic E-state index is 13.7. The third-order valence-electron chi connectivity index (χ3n) is 7.51. The number of amides is 1. The lowest BCUT2D eigenvalue weighted by molar-refractivity contribution is -0.111. The second kappa shape index (κ2) is 13.1. The van der Waals surface area contributed by atoms with E-state index < -0.39 is 15.9 Å². The van der Waals surface area contributed by atoms with Gasteiger partial charge in [0, 0.05) is 34.2 Å². The maximum atomic E-state index is 13.7. The quantitative estimate of drug-likeness (QED) is 0.0700. The van der Waals surface area contributed by atoms with Crippen molar-refractivity contribution in [3.8, 4) is 11.3 Å². The van der Waals surface area contributed by atoms with E-state index in [1.165, 1.54) is 0 Å². The first-order valence-corrected chi connectivity index (χ1v) is 16.3. The van der Waals surface area contributed by atoms with Gasteiger partial charge in [0.15, 0.2) is 5.78 Å². The van der Waals surface area contributed by atoms with Crippen LogP contribution in [0.15, 0.2) is 108 Å². The minimum Gasteiger partial charge on any atom is -0.456 e. The second-order valence-electron chi connectivity index (χ2n) is 12.0.